The van der Waals surface area contributed by atoms with Gasteiger partial charge in [0, 0.05) is 7.11 Å². The molecule has 16 heavy (non-hydrogen) atoms. The van der Waals surface area contributed by atoms with Gasteiger partial charge in [-0.1, -0.05) is 0 Å². The van der Waals surface area contributed by atoms with Gasteiger partial charge in [0.15, 0.2) is 0 Å². The third kappa shape index (κ3) is 5.25. The monoisotopic (exact) mass is 231 g/mol. The fourth-order valence-corrected chi connectivity index (χ4v) is 2.08. The van der Waals surface area contributed by atoms with Crippen molar-refractivity contribution >= 4 is 0 Å². The Hall–Kier alpha value is -0.160. The maximum atomic E-state index is 9.51. The highest BCUT2D eigenvalue weighted by Gasteiger charge is 2.22. The van der Waals surface area contributed by atoms with Gasteiger partial charge in [-0.3, -0.25) is 0 Å². The van der Waals surface area contributed by atoms with Gasteiger partial charge < -0.3 is 20.3 Å². The van der Waals surface area contributed by atoms with Crippen LogP contribution >= 0.6 is 0 Å². The van der Waals surface area contributed by atoms with Gasteiger partial charge >= 0.3 is 0 Å². The summed E-state index contributed by atoms with van der Waals surface area (Å²) in [5, 5.41) is 9.51. The van der Waals surface area contributed by atoms with E-state index in [0.717, 1.165) is 38.5 Å². The van der Waals surface area contributed by atoms with E-state index in [1.165, 1.54) is 0 Å². The van der Waals surface area contributed by atoms with E-state index in [9.17, 15) is 5.11 Å². The Bertz CT molecular complexity index is 189. The lowest BCUT2D eigenvalue weighted by molar-refractivity contribution is -0.0605. The molecule has 4 heteroatoms. The average molecular weight is 231 g/mol. The highest BCUT2D eigenvalue weighted by Crippen LogP contribution is 2.22. The molecule has 96 valence electrons. The van der Waals surface area contributed by atoms with Gasteiger partial charge in [0.05, 0.1) is 18.3 Å². The van der Waals surface area contributed by atoms with E-state index in [0.29, 0.717) is 0 Å². The summed E-state index contributed by atoms with van der Waals surface area (Å²) < 4.78 is 10.9. The summed E-state index contributed by atoms with van der Waals surface area (Å²) in [4.78, 5) is 0. The molecular formula is C12H25NO3. The number of hydrogen-bond donors (Lipinski definition) is 2. The molecule has 0 radical (unpaired) electrons. The van der Waals surface area contributed by atoms with Gasteiger partial charge in [0.25, 0.3) is 0 Å². The number of hydrogen-bond acceptors (Lipinski definition) is 4. The molecule has 3 N–H and O–H groups in total. The molecule has 1 rings (SSSR count). The van der Waals surface area contributed by atoms with E-state index >= 15 is 0 Å². The second-order valence-corrected chi connectivity index (χ2v) is 4.74. The lowest BCUT2D eigenvalue weighted by Crippen LogP contribution is -2.34. The summed E-state index contributed by atoms with van der Waals surface area (Å²) in [5.74, 6) is 0. The highest BCUT2D eigenvalue weighted by molar-refractivity contribution is 4.73. The van der Waals surface area contributed by atoms with Crippen LogP contribution in [0.4, 0.5) is 0 Å². The van der Waals surface area contributed by atoms with Crippen LogP contribution in [0.1, 0.15) is 45.4 Å². The standard InChI is InChI=1S/C12H25NO3/c1-9(15-2)6-7-12(13)16-11-5-3-4-10(14)8-11/h9-12,14H,3-8,13H2,1-2H3. The summed E-state index contributed by atoms with van der Waals surface area (Å²) in [5.41, 5.74) is 5.89. The van der Waals surface area contributed by atoms with Crippen molar-refractivity contribution in [3.8, 4) is 0 Å². The Morgan fingerprint density at radius 2 is 2.12 bits per heavy atom. The van der Waals surface area contributed by atoms with Crippen LogP contribution in [0.15, 0.2) is 0 Å². The van der Waals surface area contributed by atoms with Crippen molar-refractivity contribution in [1.82, 2.24) is 0 Å². The van der Waals surface area contributed by atoms with Crippen LogP contribution in [-0.2, 0) is 9.47 Å². The summed E-state index contributed by atoms with van der Waals surface area (Å²) in [6.07, 6.45) is 5.33. The molecule has 0 aliphatic heterocycles. The largest absolute Gasteiger partial charge is 0.393 e. The first-order valence-corrected chi connectivity index (χ1v) is 6.23. The molecule has 0 spiro atoms. The molecule has 1 saturated carbocycles. The molecule has 0 aromatic heterocycles. The number of methoxy groups -OCH3 is 1. The third-order valence-electron chi connectivity index (χ3n) is 3.23. The van der Waals surface area contributed by atoms with Crippen LogP contribution in [0.25, 0.3) is 0 Å². The number of nitrogens with two attached hydrogens (primary N) is 1. The minimum absolute atomic E-state index is 0.136. The predicted octanol–water partition coefficient (Wildman–Crippen LogP) is 1.41. The normalized spacial score (nSPS) is 30.0. The number of aliphatic hydroxyl groups excluding tert-OH is 1. The summed E-state index contributed by atoms with van der Waals surface area (Å²) in [7, 11) is 1.70. The van der Waals surface area contributed by atoms with Gasteiger partial charge in [-0.15, -0.1) is 0 Å². The summed E-state index contributed by atoms with van der Waals surface area (Å²) in [6.45, 7) is 2.02. The Morgan fingerprint density at radius 1 is 1.38 bits per heavy atom. The minimum Gasteiger partial charge on any atom is -0.393 e. The fourth-order valence-electron chi connectivity index (χ4n) is 2.08. The molecule has 4 nitrogen and oxygen atoms in total. The van der Waals surface area contributed by atoms with E-state index < -0.39 is 0 Å². The Balaban J connectivity index is 2.15. The van der Waals surface area contributed by atoms with Crippen LogP contribution in [0.2, 0.25) is 0 Å². The molecular weight excluding hydrogens is 206 g/mol. The zero-order valence-corrected chi connectivity index (χ0v) is 10.4. The second-order valence-electron chi connectivity index (χ2n) is 4.74. The Labute approximate surface area is 98.1 Å². The third-order valence-corrected chi connectivity index (χ3v) is 3.23. The molecule has 0 aromatic rings. The molecule has 1 fully saturated rings. The molecule has 0 heterocycles. The SMILES string of the molecule is COC(C)CCC(N)OC1CCCC(O)C1. The van der Waals surface area contributed by atoms with Gasteiger partial charge in [0.1, 0.15) is 6.23 Å². The van der Waals surface area contributed by atoms with Gasteiger partial charge in [-0.05, 0) is 45.4 Å². The second kappa shape index (κ2) is 7.22. The Kier molecular flexibility index (Phi) is 6.28. The van der Waals surface area contributed by atoms with Gasteiger partial charge in [-0.2, -0.15) is 0 Å². The first-order chi connectivity index (χ1) is 7.61. The molecule has 4 unspecified atom stereocenters. The number of ether oxygens (including phenoxy) is 2. The summed E-state index contributed by atoms with van der Waals surface area (Å²) >= 11 is 0. The molecule has 0 aromatic carbocycles. The first kappa shape index (κ1) is 13.9. The van der Waals surface area contributed by atoms with E-state index in [1.54, 1.807) is 7.11 Å². The topological polar surface area (TPSA) is 64.7 Å². The smallest absolute Gasteiger partial charge is 0.106 e. The van der Waals surface area contributed by atoms with Crippen LogP contribution in [0.5, 0.6) is 0 Å². The quantitative estimate of drug-likeness (QED) is 0.678. The van der Waals surface area contributed by atoms with Crippen molar-refractivity contribution in [3.05, 3.63) is 0 Å². The fraction of sp³-hybridized carbons (Fsp3) is 1.00. The zero-order valence-electron chi connectivity index (χ0n) is 10.4. The van der Waals surface area contributed by atoms with Gasteiger partial charge in [0.2, 0.25) is 0 Å². The number of aliphatic hydroxyl groups is 1. The molecule has 4 atom stereocenters. The van der Waals surface area contributed by atoms with Gasteiger partial charge in [-0.25, -0.2) is 0 Å². The van der Waals surface area contributed by atoms with E-state index in [2.05, 4.69) is 0 Å². The van der Waals surface area contributed by atoms with Crippen LogP contribution in [0, 0.1) is 0 Å². The summed E-state index contributed by atoms with van der Waals surface area (Å²) in [6, 6.07) is 0. The van der Waals surface area contributed by atoms with E-state index in [1.807, 2.05) is 6.92 Å². The molecule has 0 saturated heterocycles. The van der Waals surface area contributed by atoms with E-state index in [4.69, 9.17) is 15.2 Å². The van der Waals surface area contributed by atoms with Crippen LogP contribution in [-0.4, -0.2) is 36.8 Å². The first-order valence-electron chi connectivity index (χ1n) is 6.23. The van der Waals surface area contributed by atoms with E-state index in [-0.39, 0.29) is 24.5 Å². The highest BCUT2D eigenvalue weighted by atomic mass is 16.5. The van der Waals surface area contributed by atoms with Crippen molar-refractivity contribution in [1.29, 1.82) is 0 Å². The van der Waals surface area contributed by atoms with Crippen LogP contribution in [0.3, 0.4) is 0 Å². The van der Waals surface area contributed by atoms with Crippen molar-refractivity contribution in [2.24, 2.45) is 5.73 Å². The molecule has 0 bridgehead atoms. The predicted molar refractivity (Wildman–Crippen MR) is 63.0 cm³/mol. The molecule has 1 aliphatic carbocycles. The van der Waals surface area contributed by atoms with Crippen molar-refractivity contribution in [2.75, 3.05) is 7.11 Å². The molecule has 0 amide bonds. The maximum absolute atomic E-state index is 9.51. The minimum atomic E-state index is -0.229. The molecule has 1 aliphatic rings. The van der Waals surface area contributed by atoms with Crippen molar-refractivity contribution in [2.45, 2.75) is 70.0 Å². The van der Waals surface area contributed by atoms with Crippen molar-refractivity contribution in [3.63, 3.8) is 0 Å². The Morgan fingerprint density at radius 3 is 2.75 bits per heavy atom. The average Bonchev–Trinajstić information content (AvgIpc) is 2.26. The lowest BCUT2D eigenvalue weighted by Gasteiger charge is -2.28. The number of rotatable bonds is 6. The zero-order chi connectivity index (χ0) is 12.0. The van der Waals surface area contributed by atoms with Crippen LogP contribution < -0.4 is 5.73 Å². The van der Waals surface area contributed by atoms with Crippen molar-refractivity contribution < 1.29 is 14.6 Å². The maximum Gasteiger partial charge on any atom is 0.106 e. The lowest BCUT2D eigenvalue weighted by atomic mass is 9.95.